The average molecular weight is 542 g/mol. The lowest BCUT2D eigenvalue weighted by Gasteiger charge is -2.33. The summed E-state index contributed by atoms with van der Waals surface area (Å²) in [5, 5.41) is 6.17. The molecule has 0 saturated carbocycles. The second-order valence-corrected chi connectivity index (χ2v) is 10.9. The van der Waals surface area contributed by atoms with Gasteiger partial charge in [0.1, 0.15) is 12.0 Å². The molecule has 1 amide bonds. The summed E-state index contributed by atoms with van der Waals surface area (Å²) in [5.74, 6) is 6.63. The van der Waals surface area contributed by atoms with E-state index < -0.39 is 11.4 Å². The van der Waals surface area contributed by atoms with Crippen molar-refractivity contribution in [2.24, 2.45) is 0 Å². The third kappa shape index (κ3) is 5.59. The smallest absolute Gasteiger partial charge is 0.298 e. The van der Waals surface area contributed by atoms with Crippen molar-refractivity contribution < 1.29 is 18.0 Å². The lowest BCUT2D eigenvalue weighted by atomic mass is 10.0. The Morgan fingerprint density at radius 2 is 2.00 bits per heavy atom. The van der Waals surface area contributed by atoms with Crippen LogP contribution in [-0.2, 0) is 6.42 Å². The molecule has 2 aliphatic rings. The van der Waals surface area contributed by atoms with E-state index in [0.29, 0.717) is 58.6 Å². The summed E-state index contributed by atoms with van der Waals surface area (Å²) < 4.78 is 46.0. The zero-order valence-corrected chi connectivity index (χ0v) is 22.1. The standard InChI is InChI=1S/C28H30F3N5OS/c1-32-27(37)19-5-8-21(9-6-19)33-14-3-4-20-16-36-24(34-23-12-15-35(2)17-22(23)29)10-7-18-11-13-28(30,31)38-26(20)25(18)36/h5-10,16,22-23,33-34H,11-15,17H2,1-2H3,(H,32,37)/t22-,23+/m0/s1. The number of aromatic nitrogens is 1. The quantitative estimate of drug-likeness (QED) is 0.404. The highest BCUT2D eigenvalue weighted by atomic mass is 32.2. The molecule has 200 valence electrons. The molecule has 38 heavy (non-hydrogen) atoms. The third-order valence-corrected chi connectivity index (χ3v) is 8.08. The highest BCUT2D eigenvalue weighted by Crippen LogP contribution is 2.47. The summed E-state index contributed by atoms with van der Waals surface area (Å²) >= 11 is 0.554. The Morgan fingerprint density at radius 3 is 2.74 bits per heavy atom. The number of piperidine rings is 1. The number of hydrogen-bond acceptors (Lipinski definition) is 5. The van der Waals surface area contributed by atoms with Crippen molar-refractivity contribution in [2.45, 2.75) is 41.6 Å². The number of hydrogen-bond donors (Lipinski definition) is 3. The minimum Gasteiger partial charge on any atom is -0.374 e. The number of alkyl halides is 3. The SMILES string of the molecule is CNC(=O)c1ccc(NCC#Cc2cn3c(N[C@@H]4CCN(C)C[C@@H]4F)ccc4c3c2SC(F)(F)CC4)cc1. The molecule has 4 heterocycles. The van der Waals surface area contributed by atoms with Gasteiger partial charge in [-0.15, -0.1) is 0 Å². The third-order valence-electron chi connectivity index (χ3n) is 6.96. The Labute approximate surface area is 224 Å². The number of carbonyl (C=O) groups excluding carboxylic acids is 1. The van der Waals surface area contributed by atoms with Gasteiger partial charge in [0.25, 0.3) is 11.2 Å². The van der Waals surface area contributed by atoms with Crippen molar-refractivity contribution in [1.82, 2.24) is 14.6 Å². The van der Waals surface area contributed by atoms with E-state index in [-0.39, 0.29) is 24.8 Å². The Kier molecular flexibility index (Phi) is 7.50. The van der Waals surface area contributed by atoms with E-state index in [9.17, 15) is 18.0 Å². The molecule has 0 bridgehead atoms. The number of halogens is 3. The number of pyridine rings is 1. The fourth-order valence-corrected chi connectivity index (χ4v) is 5.93. The van der Waals surface area contributed by atoms with E-state index in [1.807, 2.05) is 28.5 Å². The largest absolute Gasteiger partial charge is 0.374 e. The van der Waals surface area contributed by atoms with Crippen LogP contribution >= 0.6 is 11.8 Å². The van der Waals surface area contributed by atoms with Gasteiger partial charge in [-0.2, -0.15) is 8.78 Å². The van der Waals surface area contributed by atoms with Crippen molar-refractivity contribution in [3.63, 3.8) is 0 Å². The molecule has 2 aliphatic heterocycles. The van der Waals surface area contributed by atoms with Crippen LogP contribution in [0.25, 0.3) is 5.52 Å². The van der Waals surface area contributed by atoms with Crippen LogP contribution in [0.5, 0.6) is 0 Å². The minimum absolute atomic E-state index is 0.164. The molecule has 1 aromatic carbocycles. The molecule has 6 nitrogen and oxygen atoms in total. The molecule has 0 unspecified atom stereocenters. The molecule has 0 aliphatic carbocycles. The first kappa shape index (κ1) is 26.3. The number of anilines is 2. The molecule has 1 saturated heterocycles. The summed E-state index contributed by atoms with van der Waals surface area (Å²) in [7, 11) is 3.48. The van der Waals surface area contributed by atoms with E-state index in [1.54, 1.807) is 37.5 Å². The van der Waals surface area contributed by atoms with Gasteiger partial charge < -0.3 is 25.3 Å². The second-order valence-electron chi connectivity index (χ2n) is 9.70. The summed E-state index contributed by atoms with van der Waals surface area (Å²) in [5.41, 5.74) is 3.40. The van der Waals surface area contributed by atoms with E-state index >= 15 is 0 Å². The highest BCUT2D eigenvalue weighted by molar-refractivity contribution is 8.00. The summed E-state index contributed by atoms with van der Waals surface area (Å²) in [6, 6.07) is 10.4. The molecule has 3 N–H and O–H groups in total. The fraction of sp³-hybridized carbons (Fsp3) is 0.393. The summed E-state index contributed by atoms with van der Waals surface area (Å²) in [6.45, 7) is 1.44. The van der Waals surface area contributed by atoms with E-state index in [2.05, 4.69) is 27.8 Å². The zero-order valence-electron chi connectivity index (χ0n) is 21.3. The molecular formula is C28H30F3N5OS. The van der Waals surface area contributed by atoms with Gasteiger partial charge >= 0.3 is 0 Å². The number of aryl methyl sites for hydroxylation is 1. The van der Waals surface area contributed by atoms with Crippen LogP contribution in [0.2, 0.25) is 0 Å². The monoisotopic (exact) mass is 541 g/mol. The predicted octanol–water partition coefficient (Wildman–Crippen LogP) is 4.85. The number of nitrogens with one attached hydrogen (secondary N) is 3. The maximum atomic E-state index is 14.8. The van der Waals surface area contributed by atoms with Gasteiger partial charge in [0.2, 0.25) is 0 Å². The van der Waals surface area contributed by atoms with Crippen molar-refractivity contribution in [2.75, 3.05) is 44.4 Å². The lowest BCUT2D eigenvalue weighted by molar-refractivity contribution is 0.0958. The molecule has 5 rings (SSSR count). The summed E-state index contributed by atoms with van der Waals surface area (Å²) in [6.07, 6.45) is 1.41. The Hall–Kier alpha value is -3.29. The highest BCUT2D eigenvalue weighted by Gasteiger charge is 2.36. The van der Waals surface area contributed by atoms with E-state index in [1.165, 1.54) is 0 Å². The van der Waals surface area contributed by atoms with Gasteiger partial charge in [-0.3, -0.25) is 4.79 Å². The number of benzene rings is 1. The van der Waals surface area contributed by atoms with Crippen LogP contribution < -0.4 is 16.0 Å². The van der Waals surface area contributed by atoms with Crippen LogP contribution in [0, 0.1) is 11.8 Å². The van der Waals surface area contributed by atoms with E-state index in [0.717, 1.165) is 17.8 Å². The first-order valence-corrected chi connectivity index (χ1v) is 13.4. The summed E-state index contributed by atoms with van der Waals surface area (Å²) in [4.78, 5) is 14.1. The lowest BCUT2D eigenvalue weighted by Crippen LogP contribution is -2.46. The topological polar surface area (TPSA) is 60.8 Å². The number of carbonyl (C=O) groups is 1. The van der Waals surface area contributed by atoms with Gasteiger partial charge in [-0.05, 0) is 67.5 Å². The molecule has 0 spiro atoms. The maximum absolute atomic E-state index is 14.8. The minimum atomic E-state index is -2.91. The van der Waals surface area contributed by atoms with Crippen molar-refractivity contribution >= 4 is 34.7 Å². The predicted molar refractivity (Wildman–Crippen MR) is 146 cm³/mol. The Morgan fingerprint density at radius 1 is 1.21 bits per heavy atom. The Balaban J connectivity index is 1.41. The van der Waals surface area contributed by atoms with Crippen molar-refractivity contribution in [3.05, 3.63) is 59.3 Å². The number of thioether (sulfide) groups is 1. The number of nitrogens with zero attached hydrogens (tertiary/aromatic N) is 2. The number of likely N-dealkylation sites (tertiary alicyclic amines) is 1. The van der Waals surface area contributed by atoms with Crippen LogP contribution in [-0.4, -0.2) is 66.4 Å². The van der Waals surface area contributed by atoms with E-state index in [4.69, 9.17) is 0 Å². The normalized spacial score (nSPS) is 20.8. The number of amides is 1. The van der Waals surface area contributed by atoms with Crippen molar-refractivity contribution in [3.8, 4) is 11.8 Å². The first-order chi connectivity index (χ1) is 18.2. The van der Waals surface area contributed by atoms with Crippen LogP contribution in [0.3, 0.4) is 0 Å². The van der Waals surface area contributed by atoms with Crippen LogP contribution in [0.1, 0.15) is 34.3 Å². The first-order valence-electron chi connectivity index (χ1n) is 12.6. The van der Waals surface area contributed by atoms with Crippen LogP contribution in [0.15, 0.2) is 47.5 Å². The Bertz CT molecular complexity index is 1400. The molecular weight excluding hydrogens is 511 g/mol. The van der Waals surface area contributed by atoms with Crippen LogP contribution in [0.4, 0.5) is 24.7 Å². The van der Waals surface area contributed by atoms with Gasteiger partial charge in [0.15, 0.2) is 0 Å². The molecule has 2 aromatic heterocycles. The molecule has 10 heteroatoms. The van der Waals surface area contributed by atoms with Gasteiger partial charge in [-0.25, -0.2) is 4.39 Å². The number of rotatable bonds is 5. The van der Waals surface area contributed by atoms with Gasteiger partial charge in [0.05, 0.1) is 28.6 Å². The maximum Gasteiger partial charge on any atom is 0.298 e. The zero-order chi connectivity index (χ0) is 26.9. The molecule has 0 radical (unpaired) electrons. The molecule has 2 atom stereocenters. The molecule has 3 aromatic rings. The molecule has 1 fully saturated rings. The van der Waals surface area contributed by atoms with Crippen molar-refractivity contribution in [1.29, 1.82) is 0 Å². The fourth-order valence-electron chi connectivity index (χ4n) is 4.89. The average Bonchev–Trinajstić information content (AvgIpc) is 3.18. The second kappa shape index (κ2) is 10.8. The van der Waals surface area contributed by atoms with Gasteiger partial charge in [0, 0.05) is 44.0 Å². The van der Waals surface area contributed by atoms with Gasteiger partial charge in [-0.1, -0.05) is 17.9 Å².